The highest BCUT2D eigenvalue weighted by atomic mass is 16.3. The summed E-state index contributed by atoms with van der Waals surface area (Å²) in [4.78, 5) is 4.18. The summed E-state index contributed by atoms with van der Waals surface area (Å²) in [6.45, 7) is 9.72. The van der Waals surface area contributed by atoms with E-state index in [1.807, 2.05) is 39.0 Å². The zero-order valence-corrected chi connectivity index (χ0v) is 15.4. The van der Waals surface area contributed by atoms with E-state index in [9.17, 15) is 15.3 Å². The lowest BCUT2D eigenvalue weighted by Crippen LogP contribution is -2.26. The number of aryl methyl sites for hydroxylation is 1. The van der Waals surface area contributed by atoms with Gasteiger partial charge in [-0.05, 0) is 74.1 Å². The highest BCUT2D eigenvalue weighted by Crippen LogP contribution is 2.47. The molecule has 26 heavy (non-hydrogen) atoms. The number of allylic oxidation sites excluding steroid dienone is 2. The van der Waals surface area contributed by atoms with Crippen molar-refractivity contribution in [2.24, 2.45) is 5.92 Å². The van der Waals surface area contributed by atoms with Gasteiger partial charge in [0.25, 0.3) is 0 Å². The van der Waals surface area contributed by atoms with E-state index >= 15 is 0 Å². The molecule has 1 aliphatic carbocycles. The number of nitrogens with zero attached hydrogens (tertiary/aromatic N) is 1. The van der Waals surface area contributed by atoms with E-state index in [4.69, 9.17) is 0 Å². The molecule has 3 unspecified atom stereocenters. The average Bonchev–Trinajstić information content (AvgIpc) is 2.56. The zero-order chi connectivity index (χ0) is 19.0. The molecule has 2 aromatic rings. The third-order valence-electron chi connectivity index (χ3n) is 5.21. The molecule has 0 aliphatic heterocycles. The molecular formula is C22H25NO3. The first-order valence-electron chi connectivity index (χ1n) is 8.78. The molecule has 0 fully saturated rings. The smallest absolute Gasteiger partial charge is 0.123 e. The number of phenolic OH excluding ortho intramolecular Hbond substituents is 2. The predicted octanol–water partition coefficient (Wildman–Crippen LogP) is 4.46. The van der Waals surface area contributed by atoms with Gasteiger partial charge in [0.15, 0.2) is 0 Å². The van der Waals surface area contributed by atoms with Crippen LogP contribution in [0, 0.1) is 12.8 Å². The number of aromatic hydroxyl groups is 2. The van der Waals surface area contributed by atoms with Gasteiger partial charge in [0.05, 0.1) is 6.10 Å². The SMILES string of the molecule is C=C(C)C1CC(O)C(C)=CC1c1c(O)cc(-c2ccnc(C)c2)cc1O. The third kappa shape index (κ3) is 3.37. The number of aromatic nitrogens is 1. The van der Waals surface area contributed by atoms with Gasteiger partial charge in [-0.1, -0.05) is 18.2 Å². The summed E-state index contributed by atoms with van der Waals surface area (Å²) in [5.41, 5.74) is 4.74. The van der Waals surface area contributed by atoms with Crippen LogP contribution in [0.4, 0.5) is 0 Å². The number of aliphatic hydroxyl groups excluding tert-OH is 1. The van der Waals surface area contributed by atoms with E-state index in [1.165, 1.54) is 0 Å². The van der Waals surface area contributed by atoms with E-state index in [-0.39, 0.29) is 23.3 Å². The van der Waals surface area contributed by atoms with Gasteiger partial charge < -0.3 is 15.3 Å². The first-order valence-corrected chi connectivity index (χ1v) is 8.78. The van der Waals surface area contributed by atoms with Crippen LogP contribution < -0.4 is 0 Å². The van der Waals surface area contributed by atoms with Gasteiger partial charge in [-0.15, -0.1) is 0 Å². The number of hydrogen-bond acceptors (Lipinski definition) is 4. The van der Waals surface area contributed by atoms with E-state index < -0.39 is 6.10 Å². The normalized spacial score (nSPS) is 22.8. The maximum absolute atomic E-state index is 10.7. The predicted molar refractivity (Wildman–Crippen MR) is 103 cm³/mol. The van der Waals surface area contributed by atoms with Gasteiger partial charge in [0.2, 0.25) is 0 Å². The van der Waals surface area contributed by atoms with Gasteiger partial charge >= 0.3 is 0 Å². The molecule has 4 nitrogen and oxygen atoms in total. The Kier molecular flexibility index (Phi) is 4.88. The monoisotopic (exact) mass is 351 g/mol. The Morgan fingerprint density at radius 2 is 1.77 bits per heavy atom. The molecule has 1 aromatic heterocycles. The second kappa shape index (κ2) is 6.96. The van der Waals surface area contributed by atoms with Crippen LogP contribution >= 0.6 is 0 Å². The second-order valence-electron chi connectivity index (χ2n) is 7.25. The first kappa shape index (κ1) is 18.2. The van der Waals surface area contributed by atoms with Crippen molar-refractivity contribution in [2.75, 3.05) is 0 Å². The maximum atomic E-state index is 10.7. The van der Waals surface area contributed by atoms with Crippen molar-refractivity contribution in [3.05, 3.63) is 65.5 Å². The molecule has 1 aliphatic rings. The van der Waals surface area contributed by atoms with Crippen molar-refractivity contribution in [1.82, 2.24) is 4.98 Å². The quantitative estimate of drug-likeness (QED) is 0.714. The molecule has 3 N–H and O–H groups in total. The Morgan fingerprint density at radius 3 is 2.35 bits per heavy atom. The van der Waals surface area contributed by atoms with Crippen LogP contribution in [-0.2, 0) is 0 Å². The van der Waals surface area contributed by atoms with Crippen molar-refractivity contribution in [3.8, 4) is 22.6 Å². The number of aliphatic hydroxyl groups is 1. The second-order valence-corrected chi connectivity index (χ2v) is 7.25. The number of hydrogen-bond donors (Lipinski definition) is 3. The van der Waals surface area contributed by atoms with Gasteiger partial charge in [-0.2, -0.15) is 0 Å². The van der Waals surface area contributed by atoms with Crippen molar-refractivity contribution in [1.29, 1.82) is 0 Å². The third-order valence-corrected chi connectivity index (χ3v) is 5.21. The number of rotatable bonds is 3. The largest absolute Gasteiger partial charge is 0.507 e. The fourth-order valence-corrected chi connectivity index (χ4v) is 3.73. The molecule has 1 heterocycles. The van der Waals surface area contributed by atoms with Crippen LogP contribution in [0.2, 0.25) is 0 Å². The van der Waals surface area contributed by atoms with E-state index in [0.29, 0.717) is 12.0 Å². The number of pyridine rings is 1. The summed E-state index contributed by atoms with van der Waals surface area (Å²) < 4.78 is 0. The minimum absolute atomic E-state index is 0.0421. The minimum atomic E-state index is -0.517. The molecule has 0 spiro atoms. The topological polar surface area (TPSA) is 73.6 Å². The Hall–Kier alpha value is -2.59. The summed E-state index contributed by atoms with van der Waals surface area (Å²) in [5.74, 6) is -0.166. The standard InChI is InChI=1S/C22H25NO3/c1-12(2)17-11-19(24)13(3)7-18(17)22-20(25)9-16(10-21(22)26)15-5-6-23-14(4)8-15/h5-10,17-19,24-26H,1,11H2,2-4H3. The number of phenols is 2. The lowest BCUT2D eigenvalue weighted by Gasteiger charge is -2.34. The van der Waals surface area contributed by atoms with Crippen molar-refractivity contribution in [2.45, 2.75) is 39.2 Å². The van der Waals surface area contributed by atoms with Gasteiger partial charge in [0.1, 0.15) is 11.5 Å². The maximum Gasteiger partial charge on any atom is 0.123 e. The van der Waals surface area contributed by atoms with Crippen LogP contribution in [0.1, 0.15) is 37.4 Å². The Labute approximate surface area is 154 Å². The molecule has 1 aromatic carbocycles. The fraction of sp³-hybridized carbons (Fsp3) is 0.318. The Morgan fingerprint density at radius 1 is 1.12 bits per heavy atom. The summed E-state index contributed by atoms with van der Waals surface area (Å²) >= 11 is 0. The lowest BCUT2D eigenvalue weighted by atomic mass is 9.72. The number of benzene rings is 1. The Balaban J connectivity index is 2.09. The molecular weight excluding hydrogens is 326 g/mol. The summed E-state index contributed by atoms with van der Waals surface area (Å²) in [6.07, 6.45) is 3.65. The molecule has 0 saturated heterocycles. The molecule has 0 saturated carbocycles. The lowest BCUT2D eigenvalue weighted by molar-refractivity contribution is 0.168. The van der Waals surface area contributed by atoms with Crippen molar-refractivity contribution >= 4 is 0 Å². The van der Waals surface area contributed by atoms with Crippen LogP contribution in [0.3, 0.4) is 0 Å². The summed E-state index contributed by atoms with van der Waals surface area (Å²) in [6, 6.07) is 7.10. The molecule has 3 atom stereocenters. The summed E-state index contributed by atoms with van der Waals surface area (Å²) in [5, 5.41) is 31.6. The highest BCUT2D eigenvalue weighted by Gasteiger charge is 2.33. The van der Waals surface area contributed by atoms with Crippen molar-refractivity contribution in [3.63, 3.8) is 0 Å². The average molecular weight is 351 g/mol. The fourth-order valence-electron chi connectivity index (χ4n) is 3.73. The minimum Gasteiger partial charge on any atom is -0.507 e. The Bertz CT molecular complexity index is 862. The molecule has 0 radical (unpaired) electrons. The van der Waals surface area contributed by atoms with Crippen LogP contribution in [0.15, 0.2) is 54.3 Å². The van der Waals surface area contributed by atoms with Gasteiger partial charge in [-0.3, -0.25) is 4.98 Å². The van der Waals surface area contributed by atoms with E-state index in [2.05, 4.69) is 11.6 Å². The summed E-state index contributed by atoms with van der Waals surface area (Å²) in [7, 11) is 0. The van der Waals surface area contributed by atoms with Gasteiger partial charge in [-0.25, -0.2) is 0 Å². The van der Waals surface area contributed by atoms with Crippen LogP contribution in [0.25, 0.3) is 11.1 Å². The molecule has 0 amide bonds. The molecule has 136 valence electrons. The van der Waals surface area contributed by atoms with Crippen molar-refractivity contribution < 1.29 is 15.3 Å². The van der Waals surface area contributed by atoms with E-state index in [0.717, 1.165) is 28.0 Å². The highest BCUT2D eigenvalue weighted by molar-refractivity contribution is 5.69. The molecule has 4 heteroatoms. The first-order chi connectivity index (χ1) is 12.3. The molecule has 3 rings (SSSR count). The van der Waals surface area contributed by atoms with Gasteiger partial charge in [0, 0.05) is 23.4 Å². The molecule has 0 bridgehead atoms. The van der Waals surface area contributed by atoms with Crippen LogP contribution in [0.5, 0.6) is 11.5 Å². The van der Waals surface area contributed by atoms with E-state index in [1.54, 1.807) is 18.3 Å². The van der Waals surface area contributed by atoms with Crippen LogP contribution in [-0.4, -0.2) is 26.4 Å². The zero-order valence-electron chi connectivity index (χ0n) is 15.4.